The van der Waals surface area contributed by atoms with E-state index in [-0.39, 0.29) is 5.54 Å². The van der Waals surface area contributed by atoms with Crippen LogP contribution < -0.4 is 5.32 Å². The van der Waals surface area contributed by atoms with Crippen LogP contribution in [0.3, 0.4) is 0 Å². The second kappa shape index (κ2) is 4.31. The third-order valence-corrected chi connectivity index (χ3v) is 3.36. The summed E-state index contributed by atoms with van der Waals surface area (Å²) in [6.07, 6.45) is 7.68. The summed E-state index contributed by atoms with van der Waals surface area (Å²) in [6, 6.07) is 0. The van der Waals surface area contributed by atoms with Gasteiger partial charge in [-0.15, -0.1) is 0 Å². The quantitative estimate of drug-likeness (QED) is 0.810. The number of aryl methyl sites for hydroxylation is 1. The zero-order valence-electron chi connectivity index (χ0n) is 9.66. The predicted molar refractivity (Wildman–Crippen MR) is 59.6 cm³/mol. The zero-order chi connectivity index (χ0) is 10.7. The Morgan fingerprint density at radius 1 is 1.60 bits per heavy atom. The molecule has 0 saturated carbocycles. The smallest absolute Gasteiger partial charge is 0.138 e. The highest BCUT2D eigenvalue weighted by atomic mass is 15.3. The Labute approximate surface area is 91.1 Å². The monoisotopic (exact) mass is 208 g/mol. The summed E-state index contributed by atoms with van der Waals surface area (Å²) < 4.78 is 1.89. The molecule has 1 aromatic heterocycles. The number of nitrogens with zero attached hydrogens (tertiary/aromatic N) is 3. The Kier molecular flexibility index (Phi) is 3.05. The van der Waals surface area contributed by atoms with Crippen LogP contribution in [0.5, 0.6) is 0 Å². The maximum Gasteiger partial charge on any atom is 0.138 e. The van der Waals surface area contributed by atoms with Crippen LogP contribution in [-0.4, -0.2) is 26.8 Å². The van der Waals surface area contributed by atoms with Crippen LogP contribution in [0.2, 0.25) is 0 Å². The van der Waals surface area contributed by atoms with E-state index in [4.69, 9.17) is 0 Å². The Morgan fingerprint density at radius 3 is 3.00 bits per heavy atom. The van der Waals surface area contributed by atoms with E-state index >= 15 is 0 Å². The van der Waals surface area contributed by atoms with E-state index in [1.807, 2.05) is 11.7 Å². The fourth-order valence-corrected chi connectivity index (χ4v) is 2.58. The molecule has 0 aromatic carbocycles. The van der Waals surface area contributed by atoms with E-state index in [0.717, 1.165) is 18.8 Å². The summed E-state index contributed by atoms with van der Waals surface area (Å²) in [6.45, 7) is 3.40. The molecular formula is C11H20N4. The number of nitrogens with one attached hydrogen (secondary N) is 1. The first-order chi connectivity index (χ1) is 7.26. The maximum atomic E-state index is 4.32. The SMILES string of the molecule is CCCC1(Cc2ncnn2C)CCCN1. The van der Waals surface area contributed by atoms with Crippen molar-refractivity contribution in [3.63, 3.8) is 0 Å². The van der Waals surface area contributed by atoms with Gasteiger partial charge in [-0.1, -0.05) is 13.3 Å². The van der Waals surface area contributed by atoms with Gasteiger partial charge >= 0.3 is 0 Å². The van der Waals surface area contributed by atoms with Crippen molar-refractivity contribution in [1.29, 1.82) is 0 Å². The van der Waals surface area contributed by atoms with Gasteiger partial charge in [-0.2, -0.15) is 5.10 Å². The van der Waals surface area contributed by atoms with Crippen LogP contribution in [0.4, 0.5) is 0 Å². The topological polar surface area (TPSA) is 42.7 Å². The molecule has 2 rings (SSSR count). The molecule has 15 heavy (non-hydrogen) atoms. The van der Waals surface area contributed by atoms with Crippen molar-refractivity contribution >= 4 is 0 Å². The minimum absolute atomic E-state index is 0.287. The van der Waals surface area contributed by atoms with Crippen molar-refractivity contribution in [3.8, 4) is 0 Å². The molecule has 0 spiro atoms. The minimum atomic E-state index is 0.287. The number of aromatic nitrogens is 3. The van der Waals surface area contributed by atoms with E-state index in [2.05, 4.69) is 22.3 Å². The Hall–Kier alpha value is -0.900. The molecule has 4 nitrogen and oxygen atoms in total. The molecule has 1 aliphatic heterocycles. The van der Waals surface area contributed by atoms with Crippen LogP contribution in [0.1, 0.15) is 38.4 Å². The van der Waals surface area contributed by atoms with Gasteiger partial charge in [0.15, 0.2) is 0 Å². The lowest BCUT2D eigenvalue weighted by molar-refractivity contribution is 0.331. The molecule has 0 bridgehead atoms. The number of hydrogen-bond donors (Lipinski definition) is 1. The van der Waals surface area contributed by atoms with Gasteiger partial charge in [-0.05, 0) is 25.8 Å². The molecule has 0 amide bonds. The van der Waals surface area contributed by atoms with Crippen LogP contribution in [0, 0.1) is 0 Å². The fraction of sp³-hybridized carbons (Fsp3) is 0.818. The van der Waals surface area contributed by atoms with E-state index in [1.54, 1.807) is 6.33 Å². The molecule has 4 heteroatoms. The summed E-state index contributed by atoms with van der Waals surface area (Å²) >= 11 is 0. The van der Waals surface area contributed by atoms with E-state index < -0.39 is 0 Å². The average molecular weight is 208 g/mol. The normalized spacial score (nSPS) is 26.0. The molecule has 1 saturated heterocycles. The van der Waals surface area contributed by atoms with Crippen molar-refractivity contribution < 1.29 is 0 Å². The van der Waals surface area contributed by atoms with Crippen LogP contribution in [-0.2, 0) is 13.5 Å². The van der Waals surface area contributed by atoms with E-state index in [0.29, 0.717) is 0 Å². The van der Waals surface area contributed by atoms with Crippen molar-refractivity contribution in [3.05, 3.63) is 12.2 Å². The predicted octanol–water partition coefficient (Wildman–Crippen LogP) is 1.28. The fourth-order valence-electron chi connectivity index (χ4n) is 2.58. The van der Waals surface area contributed by atoms with Gasteiger partial charge in [-0.25, -0.2) is 4.98 Å². The summed E-state index contributed by atoms with van der Waals surface area (Å²) in [4.78, 5) is 4.32. The van der Waals surface area contributed by atoms with Gasteiger partial charge in [0, 0.05) is 19.0 Å². The summed E-state index contributed by atoms with van der Waals surface area (Å²) in [5.41, 5.74) is 0.287. The van der Waals surface area contributed by atoms with Crippen molar-refractivity contribution in [1.82, 2.24) is 20.1 Å². The highest BCUT2D eigenvalue weighted by Gasteiger charge is 2.33. The molecule has 0 aliphatic carbocycles. The molecule has 1 aliphatic rings. The Balaban J connectivity index is 2.10. The molecule has 1 unspecified atom stereocenters. The average Bonchev–Trinajstić information content (AvgIpc) is 2.79. The Bertz CT molecular complexity index is 312. The van der Waals surface area contributed by atoms with Gasteiger partial charge in [0.1, 0.15) is 12.2 Å². The minimum Gasteiger partial charge on any atom is -0.311 e. The van der Waals surface area contributed by atoms with Crippen LogP contribution in [0.15, 0.2) is 6.33 Å². The number of hydrogen-bond acceptors (Lipinski definition) is 3. The van der Waals surface area contributed by atoms with Gasteiger partial charge < -0.3 is 5.32 Å². The van der Waals surface area contributed by atoms with Gasteiger partial charge in [0.25, 0.3) is 0 Å². The third kappa shape index (κ3) is 2.20. The highest BCUT2D eigenvalue weighted by molar-refractivity contribution is 5.01. The molecule has 1 N–H and O–H groups in total. The van der Waals surface area contributed by atoms with Crippen molar-refractivity contribution in [2.24, 2.45) is 7.05 Å². The molecular weight excluding hydrogens is 188 g/mol. The van der Waals surface area contributed by atoms with Crippen molar-refractivity contribution in [2.75, 3.05) is 6.54 Å². The number of rotatable bonds is 4. The Morgan fingerprint density at radius 2 is 2.47 bits per heavy atom. The highest BCUT2D eigenvalue weighted by Crippen LogP contribution is 2.27. The molecule has 2 heterocycles. The lowest BCUT2D eigenvalue weighted by Gasteiger charge is -2.28. The van der Waals surface area contributed by atoms with Gasteiger partial charge in [0.2, 0.25) is 0 Å². The standard InChI is InChI=1S/C11H20N4/c1-3-5-11(6-4-7-13-11)8-10-12-9-14-15(10)2/h9,13H,3-8H2,1-2H3. The summed E-state index contributed by atoms with van der Waals surface area (Å²) in [5.74, 6) is 1.10. The lowest BCUT2D eigenvalue weighted by atomic mass is 9.88. The molecule has 0 radical (unpaired) electrons. The largest absolute Gasteiger partial charge is 0.311 e. The van der Waals surface area contributed by atoms with Crippen LogP contribution >= 0.6 is 0 Å². The first-order valence-electron chi connectivity index (χ1n) is 5.84. The zero-order valence-corrected chi connectivity index (χ0v) is 9.66. The molecule has 1 fully saturated rings. The first kappa shape index (κ1) is 10.6. The second-order valence-corrected chi connectivity index (χ2v) is 4.54. The van der Waals surface area contributed by atoms with Gasteiger partial charge in [-0.3, -0.25) is 4.68 Å². The van der Waals surface area contributed by atoms with Gasteiger partial charge in [0.05, 0.1) is 0 Å². The van der Waals surface area contributed by atoms with E-state index in [9.17, 15) is 0 Å². The molecule has 84 valence electrons. The lowest BCUT2D eigenvalue weighted by Crippen LogP contribution is -2.42. The first-order valence-corrected chi connectivity index (χ1v) is 5.84. The molecule has 1 aromatic rings. The second-order valence-electron chi connectivity index (χ2n) is 4.54. The van der Waals surface area contributed by atoms with E-state index in [1.165, 1.54) is 25.7 Å². The maximum absolute atomic E-state index is 4.32. The molecule has 1 atom stereocenters. The summed E-state index contributed by atoms with van der Waals surface area (Å²) in [7, 11) is 1.97. The third-order valence-electron chi connectivity index (χ3n) is 3.36. The van der Waals surface area contributed by atoms with Crippen molar-refractivity contribution in [2.45, 2.75) is 44.6 Å². The van der Waals surface area contributed by atoms with Crippen LogP contribution in [0.25, 0.3) is 0 Å². The summed E-state index contributed by atoms with van der Waals surface area (Å²) in [5, 5.41) is 7.78.